The van der Waals surface area contributed by atoms with Gasteiger partial charge in [-0.05, 0) is 67.9 Å². The van der Waals surface area contributed by atoms with Crippen LogP contribution in [0, 0.1) is 5.92 Å². The van der Waals surface area contributed by atoms with E-state index in [1.165, 1.54) is 16.7 Å². The third-order valence-electron chi connectivity index (χ3n) is 5.11. The van der Waals surface area contributed by atoms with Crippen LogP contribution >= 0.6 is 0 Å². The normalized spacial score (nSPS) is 17.4. The van der Waals surface area contributed by atoms with E-state index >= 15 is 0 Å². The van der Waals surface area contributed by atoms with Crippen LogP contribution in [0.2, 0.25) is 0 Å². The number of aryl methyl sites for hydroxylation is 1. The first kappa shape index (κ1) is 21.5. The van der Waals surface area contributed by atoms with E-state index in [-0.39, 0.29) is 23.0 Å². The Labute approximate surface area is 177 Å². The maximum Gasteiger partial charge on any atom is 0.343 e. The molecular formula is C25H28O5. The molecule has 3 rings (SSSR count). The van der Waals surface area contributed by atoms with E-state index < -0.39 is 5.97 Å². The van der Waals surface area contributed by atoms with Crippen LogP contribution in [0.1, 0.15) is 50.3 Å². The number of cyclic esters (lactones) is 1. The van der Waals surface area contributed by atoms with Crippen molar-refractivity contribution in [1.29, 1.82) is 0 Å². The van der Waals surface area contributed by atoms with E-state index in [1.54, 1.807) is 25.5 Å². The predicted molar refractivity (Wildman–Crippen MR) is 115 cm³/mol. The highest BCUT2D eigenvalue weighted by molar-refractivity contribution is 5.93. The van der Waals surface area contributed by atoms with Crippen LogP contribution in [0.5, 0.6) is 0 Å². The number of carbonyl (C=O) groups excluding carboxylic acids is 1. The van der Waals surface area contributed by atoms with Crippen LogP contribution in [-0.2, 0) is 22.4 Å². The average Bonchev–Trinajstić information content (AvgIpc) is 3.43. The van der Waals surface area contributed by atoms with Gasteiger partial charge in [-0.3, -0.25) is 0 Å². The Morgan fingerprint density at radius 1 is 1.20 bits per heavy atom. The molecule has 0 radical (unpaired) electrons. The molecule has 1 unspecified atom stereocenters. The topological polar surface area (TPSA) is 72.8 Å². The van der Waals surface area contributed by atoms with Crippen LogP contribution in [0.25, 0.3) is 0 Å². The third-order valence-corrected chi connectivity index (χ3v) is 5.11. The molecule has 158 valence electrons. The molecule has 2 aromatic heterocycles. The van der Waals surface area contributed by atoms with Gasteiger partial charge in [-0.25, -0.2) is 4.79 Å². The lowest BCUT2D eigenvalue weighted by molar-refractivity contribution is -0.133. The molecule has 0 saturated heterocycles. The second-order valence-corrected chi connectivity index (χ2v) is 7.73. The monoisotopic (exact) mass is 408 g/mol. The summed E-state index contributed by atoms with van der Waals surface area (Å²) < 4.78 is 15.6. The molecule has 1 N–H and O–H groups in total. The summed E-state index contributed by atoms with van der Waals surface area (Å²) in [4.78, 5) is 11.5. The molecule has 1 aliphatic rings. The minimum Gasteiger partial charge on any atom is -0.504 e. The van der Waals surface area contributed by atoms with E-state index in [0.717, 1.165) is 31.2 Å². The molecule has 5 nitrogen and oxygen atoms in total. The minimum atomic E-state index is -0.481. The van der Waals surface area contributed by atoms with Gasteiger partial charge in [0.1, 0.15) is 0 Å². The number of aliphatic hydroxyl groups excluding tert-OH is 1. The van der Waals surface area contributed by atoms with Gasteiger partial charge in [0.2, 0.25) is 0 Å². The van der Waals surface area contributed by atoms with E-state index in [1.807, 2.05) is 25.5 Å². The van der Waals surface area contributed by atoms with E-state index in [0.29, 0.717) is 0 Å². The molecule has 0 saturated carbocycles. The molecule has 0 fully saturated rings. The third kappa shape index (κ3) is 5.66. The number of furan rings is 2. The predicted octanol–water partition coefficient (Wildman–Crippen LogP) is 6.20. The Morgan fingerprint density at radius 2 is 2.00 bits per heavy atom. The van der Waals surface area contributed by atoms with Gasteiger partial charge >= 0.3 is 5.97 Å². The Morgan fingerprint density at radius 3 is 2.70 bits per heavy atom. The standard InChI is InChI=1S/C25H28O5/c1-17(6-4-8-18(2)12-23-24(26)19(3)25(27)30-23)7-5-9-21-15-29-16-22(21)13-20-10-11-28-14-20/h4,6-7,10-12,14-16,18,26H,5,8-9,13H2,1-3H3. The van der Waals surface area contributed by atoms with Crippen LogP contribution in [0.4, 0.5) is 0 Å². The van der Waals surface area contributed by atoms with Crippen molar-refractivity contribution >= 4 is 5.97 Å². The zero-order valence-corrected chi connectivity index (χ0v) is 17.7. The molecule has 0 bridgehead atoms. The summed E-state index contributed by atoms with van der Waals surface area (Å²) in [5.41, 5.74) is 5.01. The van der Waals surface area contributed by atoms with Crippen LogP contribution < -0.4 is 0 Å². The van der Waals surface area contributed by atoms with E-state index in [2.05, 4.69) is 25.2 Å². The summed E-state index contributed by atoms with van der Waals surface area (Å²) in [5, 5.41) is 9.88. The van der Waals surface area contributed by atoms with Gasteiger partial charge in [0, 0.05) is 6.42 Å². The number of rotatable bonds is 9. The molecular weight excluding hydrogens is 380 g/mol. The number of esters is 1. The zero-order chi connectivity index (χ0) is 21.5. The quantitative estimate of drug-likeness (QED) is 0.395. The highest BCUT2D eigenvalue weighted by atomic mass is 16.6. The van der Waals surface area contributed by atoms with Gasteiger partial charge in [-0.15, -0.1) is 0 Å². The number of allylic oxidation sites excluding steroid dienone is 5. The van der Waals surface area contributed by atoms with Gasteiger partial charge in [0.25, 0.3) is 0 Å². The van der Waals surface area contributed by atoms with Crippen molar-refractivity contribution in [2.24, 2.45) is 5.92 Å². The number of hydrogen-bond acceptors (Lipinski definition) is 5. The lowest BCUT2D eigenvalue weighted by atomic mass is 10.0. The van der Waals surface area contributed by atoms with Crippen LogP contribution in [0.3, 0.4) is 0 Å². The molecule has 1 atom stereocenters. The second-order valence-electron chi connectivity index (χ2n) is 7.73. The average molecular weight is 408 g/mol. The Hall–Kier alpha value is -3.21. The van der Waals surface area contributed by atoms with Crippen molar-refractivity contribution in [2.45, 2.75) is 46.5 Å². The highest BCUT2D eigenvalue weighted by Gasteiger charge is 2.26. The van der Waals surface area contributed by atoms with Gasteiger partial charge in [0.15, 0.2) is 11.5 Å². The highest BCUT2D eigenvalue weighted by Crippen LogP contribution is 2.25. The van der Waals surface area contributed by atoms with Gasteiger partial charge in [-0.1, -0.05) is 30.7 Å². The number of ether oxygens (including phenoxy) is 1. The Bertz CT molecular complexity index is 983. The van der Waals surface area contributed by atoms with Crippen molar-refractivity contribution in [1.82, 2.24) is 0 Å². The molecule has 5 heteroatoms. The fourth-order valence-corrected chi connectivity index (χ4v) is 3.28. The maximum absolute atomic E-state index is 11.5. The van der Waals surface area contributed by atoms with Crippen molar-refractivity contribution in [3.8, 4) is 0 Å². The van der Waals surface area contributed by atoms with Crippen molar-refractivity contribution < 1.29 is 23.5 Å². The van der Waals surface area contributed by atoms with E-state index in [4.69, 9.17) is 13.6 Å². The first-order valence-electron chi connectivity index (χ1n) is 10.2. The smallest absolute Gasteiger partial charge is 0.343 e. The van der Waals surface area contributed by atoms with Crippen molar-refractivity contribution in [3.63, 3.8) is 0 Å². The molecule has 0 aromatic carbocycles. The van der Waals surface area contributed by atoms with Gasteiger partial charge in [-0.2, -0.15) is 0 Å². The maximum atomic E-state index is 11.5. The minimum absolute atomic E-state index is 0.0571. The fourth-order valence-electron chi connectivity index (χ4n) is 3.28. The molecule has 0 spiro atoms. The van der Waals surface area contributed by atoms with Crippen LogP contribution in [-0.4, -0.2) is 11.1 Å². The van der Waals surface area contributed by atoms with Crippen molar-refractivity contribution in [2.75, 3.05) is 0 Å². The molecule has 2 aromatic rings. The first-order valence-corrected chi connectivity index (χ1v) is 10.2. The SMILES string of the molecule is CC(C=CCC(C)C=C1OC(=O)C(C)=C1O)=CCCc1cocc1Cc1ccoc1. The second kappa shape index (κ2) is 10.0. The van der Waals surface area contributed by atoms with Crippen LogP contribution in [0.15, 0.2) is 86.9 Å². The van der Waals surface area contributed by atoms with Crippen molar-refractivity contribution in [3.05, 3.63) is 94.8 Å². The Balaban J connectivity index is 1.46. The molecule has 30 heavy (non-hydrogen) atoms. The molecule has 0 aliphatic carbocycles. The summed E-state index contributed by atoms with van der Waals surface area (Å²) in [5.74, 6) is -0.137. The van der Waals surface area contributed by atoms with E-state index in [9.17, 15) is 9.90 Å². The number of hydrogen-bond donors (Lipinski definition) is 1. The fraction of sp³-hybridized carbons (Fsp3) is 0.320. The summed E-state index contributed by atoms with van der Waals surface area (Å²) in [6.45, 7) is 5.66. The zero-order valence-electron chi connectivity index (χ0n) is 17.7. The molecule has 1 aliphatic heterocycles. The summed E-state index contributed by atoms with van der Waals surface area (Å²) in [6.07, 6.45) is 18.7. The molecule has 3 heterocycles. The summed E-state index contributed by atoms with van der Waals surface area (Å²) >= 11 is 0. The first-order chi connectivity index (χ1) is 14.4. The summed E-state index contributed by atoms with van der Waals surface area (Å²) in [6, 6.07) is 1.97. The lowest BCUT2D eigenvalue weighted by Crippen LogP contribution is -1.97. The number of carbonyl (C=O) groups is 1. The van der Waals surface area contributed by atoms with Gasteiger partial charge in [0.05, 0.1) is 30.6 Å². The van der Waals surface area contributed by atoms with Gasteiger partial charge < -0.3 is 18.7 Å². The lowest BCUT2D eigenvalue weighted by Gasteiger charge is -2.04. The number of aliphatic hydroxyl groups is 1. The Kier molecular flexibility index (Phi) is 7.17. The summed E-state index contributed by atoms with van der Waals surface area (Å²) in [7, 11) is 0. The molecule has 0 amide bonds. The largest absolute Gasteiger partial charge is 0.504 e.